The van der Waals surface area contributed by atoms with Gasteiger partial charge < -0.3 is 4.74 Å². The molecule has 0 aliphatic carbocycles. The molecule has 3 atom stereocenters. The summed E-state index contributed by atoms with van der Waals surface area (Å²) in [7, 11) is 1.91. The predicted molar refractivity (Wildman–Crippen MR) is 79.5 cm³/mol. The molecule has 0 spiro atoms. The van der Waals surface area contributed by atoms with Gasteiger partial charge in [0.05, 0.1) is 18.6 Å². The van der Waals surface area contributed by atoms with Gasteiger partial charge in [-0.05, 0) is 26.0 Å². The molecule has 2 aliphatic rings. The SMILES string of the molecule is CCOC(=O)C1CC2C(=O)C(c3ccccc3)=CC1N2C. The van der Waals surface area contributed by atoms with Crippen LogP contribution in [0.3, 0.4) is 0 Å². The summed E-state index contributed by atoms with van der Waals surface area (Å²) in [6.45, 7) is 2.18. The van der Waals surface area contributed by atoms with E-state index in [4.69, 9.17) is 4.74 Å². The first-order valence-electron chi connectivity index (χ1n) is 7.33. The maximum Gasteiger partial charge on any atom is 0.310 e. The summed E-state index contributed by atoms with van der Waals surface area (Å²) in [5.74, 6) is -0.341. The fourth-order valence-electron chi connectivity index (χ4n) is 3.34. The van der Waals surface area contributed by atoms with Crippen LogP contribution in [0.5, 0.6) is 0 Å². The van der Waals surface area contributed by atoms with Crippen molar-refractivity contribution in [1.29, 1.82) is 0 Å². The Morgan fingerprint density at radius 2 is 2.05 bits per heavy atom. The highest BCUT2D eigenvalue weighted by atomic mass is 16.5. The van der Waals surface area contributed by atoms with Crippen LogP contribution in [0.2, 0.25) is 0 Å². The molecule has 110 valence electrons. The minimum Gasteiger partial charge on any atom is -0.466 e. The molecule has 1 aromatic rings. The van der Waals surface area contributed by atoms with E-state index in [0.29, 0.717) is 13.0 Å². The Labute approximate surface area is 124 Å². The highest BCUT2D eigenvalue weighted by molar-refractivity contribution is 6.24. The normalized spacial score (nSPS) is 28.4. The van der Waals surface area contributed by atoms with Gasteiger partial charge in [0.1, 0.15) is 0 Å². The molecule has 0 aromatic heterocycles. The van der Waals surface area contributed by atoms with Crippen LogP contribution in [0.1, 0.15) is 18.9 Å². The molecular formula is C17H19NO3. The number of benzene rings is 1. The molecule has 0 amide bonds. The predicted octanol–water partition coefficient (Wildman–Crippen LogP) is 1.90. The van der Waals surface area contributed by atoms with Crippen LogP contribution in [0.25, 0.3) is 5.57 Å². The van der Waals surface area contributed by atoms with Gasteiger partial charge in [0, 0.05) is 11.6 Å². The molecule has 0 saturated carbocycles. The molecular weight excluding hydrogens is 266 g/mol. The van der Waals surface area contributed by atoms with Crippen molar-refractivity contribution in [2.45, 2.75) is 25.4 Å². The van der Waals surface area contributed by atoms with Crippen LogP contribution < -0.4 is 0 Å². The Morgan fingerprint density at radius 3 is 2.71 bits per heavy atom. The van der Waals surface area contributed by atoms with Crippen molar-refractivity contribution < 1.29 is 14.3 Å². The summed E-state index contributed by atoms with van der Waals surface area (Å²) in [6, 6.07) is 9.38. The van der Waals surface area contributed by atoms with E-state index in [2.05, 4.69) is 0 Å². The quantitative estimate of drug-likeness (QED) is 0.796. The zero-order valence-corrected chi connectivity index (χ0v) is 12.3. The van der Waals surface area contributed by atoms with Gasteiger partial charge in [-0.1, -0.05) is 36.4 Å². The van der Waals surface area contributed by atoms with Crippen LogP contribution in [-0.4, -0.2) is 42.4 Å². The molecule has 4 nitrogen and oxygen atoms in total. The number of hydrogen-bond donors (Lipinski definition) is 0. The summed E-state index contributed by atoms with van der Waals surface area (Å²) >= 11 is 0. The monoisotopic (exact) mass is 285 g/mol. The molecule has 0 N–H and O–H groups in total. The fourth-order valence-corrected chi connectivity index (χ4v) is 3.34. The second kappa shape index (κ2) is 5.45. The molecule has 21 heavy (non-hydrogen) atoms. The molecule has 4 heteroatoms. The number of rotatable bonds is 3. The highest BCUT2D eigenvalue weighted by Gasteiger charge is 2.49. The molecule has 3 unspecified atom stereocenters. The van der Waals surface area contributed by atoms with Crippen molar-refractivity contribution >= 4 is 17.3 Å². The lowest BCUT2D eigenvalue weighted by molar-refractivity contribution is -0.148. The lowest BCUT2D eigenvalue weighted by Crippen LogP contribution is -2.42. The maximum atomic E-state index is 12.7. The van der Waals surface area contributed by atoms with Crippen LogP contribution in [0.15, 0.2) is 36.4 Å². The number of Topliss-reactive ketones (excluding diaryl/α,β-unsaturated/α-hetero) is 1. The first-order chi connectivity index (χ1) is 10.1. The Bertz CT molecular complexity index is 593. The van der Waals surface area contributed by atoms with Crippen molar-refractivity contribution in [2.75, 3.05) is 13.7 Å². The molecule has 1 fully saturated rings. The van der Waals surface area contributed by atoms with E-state index in [1.165, 1.54) is 0 Å². The van der Waals surface area contributed by atoms with Crippen LogP contribution >= 0.6 is 0 Å². The average Bonchev–Trinajstić information content (AvgIpc) is 2.72. The molecule has 2 aliphatic heterocycles. The number of ether oxygens (including phenoxy) is 1. The third-order valence-electron chi connectivity index (χ3n) is 4.43. The van der Waals surface area contributed by atoms with Gasteiger partial charge in [-0.25, -0.2) is 0 Å². The van der Waals surface area contributed by atoms with Gasteiger partial charge in [-0.15, -0.1) is 0 Å². The summed E-state index contributed by atoms with van der Waals surface area (Å²) in [5.41, 5.74) is 1.66. The summed E-state index contributed by atoms with van der Waals surface area (Å²) in [4.78, 5) is 26.7. The first kappa shape index (κ1) is 14.0. The number of likely N-dealkylation sites (N-methyl/N-ethyl adjacent to an activating group) is 1. The molecule has 1 saturated heterocycles. The third-order valence-corrected chi connectivity index (χ3v) is 4.43. The minimum atomic E-state index is -0.245. The summed E-state index contributed by atoms with van der Waals surface area (Å²) in [6.07, 6.45) is 2.48. The van der Waals surface area contributed by atoms with Gasteiger partial charge in [0.25, 0.3) is 0 Å². The van der Waals surface area contributed by atoms with Crippen molar-refractivity contribution in [3.8, 4) is 0 Å². The van der Waals surface area contributed by atoms with E-state index < -0.39 is 0 Å². The van der Waals surface area contributed by atoms with Gasteiger partial charge in [0.2, 0.25) is 0 Å². The number of ketones is 1. The molecule has 0 radical (unpaired) electrons. The molecule has 2 bridgehead atoms. The largest absolute Gasteiger partial charge is 0.466 e. The van der Waals surface area contributed by atoms with Crippen LogP contribution in [0.4, 0.5) is 0 Å². The second-order valence-electron chi connectivity index (χ2n) is 5.58. The van der Waals surface area contributed by atoms with Gasteiger partial charge in [0.15, 0.2) is 5.78 Å². The third kappa shape index (κ3) is 2.29. The Hall–Kier alpha value is -1.94. The van der Waals surface area contributed by atoms with E-state index in [1.54, 1.807) is 6.92 Å². The van der Waals surface area contributed by atoms with E-state index in [0.717, 1.165) is 11.1 Å². The number of hydrogen-bond acceptors (Lipinski definition) is 4. The Morgan fingerprint density at radius 1 is 1.33 bits per heavy atom. The number of carbonyl (C=O) groups is 2. The number of nitrogens with zero attached hydrogens (tertiary/aromatic N) is 1. The Kier molecular flexibility index (Phi) is 3.64. The van der Waals surface area contributed by atoms with Crippen molar-refractivity contribution in [3.63, 3.8) is 0 Å². The lowest BCUT2D eigenvalue weighted by Gasteiger charge is -2.30. The number of carbonyl (C=O) groups excluding carboxylic acids is 2. The van der Waals surface area contributed by atoms with E-state index >= 15 is 0 Å². The number of esters is 1. The van der Waals surface area contributed by atoms with Crippen molar-refractivity contribution in [1.82, 2.24) is 4.90 Å². The summed E-state index contributed by atoms with van der Waals surface area (Å²) in [5, 5.41) is 0. The minimum absolute atomic E-state index is 0.0537. The standard InChI is InChI=1S/C17H19NO3/c1-3-21-17(20)13-10-15-16(19)12(9-14(13)18(15)2)11-7-5-4-6-8-11/h4-9,13-15H,3,10H2,1-2H3. The Balaban J connectivity index is 1.95. The molecule has 2 heterocycles. The fraction of sp³-hybridized carbons (Fsp3) is 0.412. The molecule has 1 aromatic carbocycles. The van der Waals surface area contributed by atoms with Crippen LogP contribution in [-0.2, 0) is 14.3 Å². The van der Waals surface area contributed by atoms with Crippen molar-refractivity contribution in [2.24, 2.45) is 5.92 Å². The number of fused-ring (bicyclic) bond motifs is 2. The first-order valence-corrected chi connectivity index (χ1v) is 7.33. The van der Waals surface area contributed by atoms with Gasteiger partial charge in [-0.2, -0.15) is 0 Å². The van der Waals surface area contributed by atoms with Gasteiger partial charge in [-0.3, -0.25) is 14.5 Å². The van der Waals surface area contributed by atoms with E-state index in [9.17, 15) is 9.59 Å². The zero-order chi connectivity index (χ0) is 15.0. The zero-order valence-electron chi connectivity index (χ0n) is 12.3. The van der Waals surface area contributed by atoms with Gasteiger partial charge >= 0.3 is 5.97 Å². The second-order valence-corrected chi connectivity index (χ2v) is 5.58. The highest BCUT2D eigenvalue weighted by Crippen LogP contribution is 2.39. The maximum absolute atomic E-state index is 12.7. The smallest absolute Gasteiger partial charge is 0.310 e. The van der Waals surface area contributed by atoms with Crippen molar-refractivity contribution in [3.05, 3.63) is 42.0 Å². The summed E-state index contributed by atoms with van der Waals surface area (Å²) < 4.78 is 5.15. The van der Waals surface area contributed by atoms with E-state index in [1.807, 2.05) is 48.4 Å². The topological polar surface area (TPSA) is 46.6 Å². The van der Waals surface area contributed by atoms with E-state index in [-0.39, 0.29) is 29.8 Å². The average molecular weight is 285 g/mol. The lowest BCUT2D eigenvalue weighted by atomic mass is 9.93. The molecule has 3 rings (SSSR count). The van der Waals surface area contributed by atoms with Crippen LogP contribution in [0, 0.1) is 5.92 Å².